The fourth-order valence-corrected chi connectivity index (χ4v) is 4.40. The first-order valence-electron chi connectivity index (χ1n) is 10.2. The van der Waals surface area contributed by atoms with E-state index in [-0.39, 0.29) is 35.6 Å². The van der Waals surface area contributed by atoms with Crippen LogP contribution in [0.5, 0.6) is 0 Å². The first-order valence-corrected chi connectivity index (χ1v) is 10.2. The third kappa shape index (κ3) is 4.29. The van der Waals surface area contributed by atoms with E-state index in [2.05, 4.69) is 10.6 Å². The molecule has 3 fully saturated rings. The van der Waals surface area contributed by atoms with Crippen molar-refractivity contribution in [1.29, 1.82) is 0 Å². The molecule has 7 heteroatoms. The molecule has 1 spiro atoms. The summed E-state index contributed by atoms with van der Waals surface area (Å²) in [5.74, 6) is 0.174. The third-order valence-corrected chi connectivity index (χ3v) is 6.33. The van der Waals surface area contributed by atoms with E-state index < -0.39 is 0 Å². The number of rotatable bonds is 5. The number of likely N-dealkylation sites (tertiary alicyclic amines) is 1. The fraction of sp³-hybridized carbons (Fsp3) is 0.619. The minimum atomic E-state index is -0.318. The zero-order chi connectivity index (χ0) is 19.6. The van der Waals surface area contributed by atoms with Crippen LogP contribution in [0.1, 0.15) is 31.2 Å². The van der Waals surface area contributed by atoms with Crippen LogP contribution in [0.2, 0.25) is 0 Å². The lowest BCUT2D eigenvalue weighted by atomic mass is 9.72. The van der Waals surface area contributed by atoms with Crippen LogP contribution < -0.4 is 10.6 Å². The van der Waals surface area contributed by atoms with Crippen LogP contribution in [-0.2, 0) is 16.1 Å². The molecule has 3 aliphatic rings. The number of ether oxygens (including phenoxy) is 1. The Balaban J connectivity index is 1.39. The molecule has 6 nitrogen and oxygen atoms in total. The molecule has 3 amide bonds. The molecule has 0 bridgehead atoms. The van der Waals surface area contributed by atoms with Crippen molar-refractivity contribution in [3.05, 3.63) is 35.6 Å². The average molecular weight is 389 g/mol. The van der Waals surface area contributed by atoms with Crippen molar-refractivity contribution in [2.75, 3.05) is 32.8 Å². The molecule has 1 unspecified atom stereocenters. The van der Waals surface area contributed by atoms with Crippen molar-refractivity contribution in [3.63, 3.8) is 0 Å². The van der Waals surface area contributed by atoms with E-state index in [4.69, 9.17) is 4.74 Å². The lowest BCUT2D eigenvalue weighted by Gasteiger charge is -2.37. The van der Waals surface area contributed by atoms with Crippen molar-refractivity contribution < 1.29 is 18.7 Å². The number of carbonyl (C=O) groups excluding carboxylic acids is 2. The van der Waals surface area contributed by atoms with Gasteiger partial charge in [-0.25, -0.2) is 9.18 Å². The second kappa shape index (κ2) is 8.07. The van der Waals surface area contributed by atoms with Gasteiger partial charge in [0.05, 0.1) is 5.92 Å². The van der Waals surface area contributed by atoms with Crippen LogP contribution in [0, 0.1) is 23.1 Å². The number of nitrogens with zero attached hydrogens (tertiary/aromatic N) is 1. The summed E-state index contributed by atoms with van der Waals surface area (Å²) in [4.78, 5) is 27.4. The summed E-state index contributed by atoms with van der Waals surface area (Å²) >= 11 is 0. The summed E-state index contributed by atoms with van der Waals surface area (Å²) in [7, 11) is 0. The summed E-state index contributed by atoms with van der Waals surface area (Å²) < 4.78 is 18.8. The van der Waals surface area contributed by atoms with Gasteiger partial charge in [0.1, 0.15) is 5.82 Å². The van der Waals surface area contributed by atoms with Crippen molar-refractivity contribution in [2.45, 2.75) is 32.2 Å². The van der Waals surface area contributed by atoms with Gasteiger partial charge in [0.25, 0.3) is 0 Å². The Morgan fingerprint density at radius 3 is 2.71 bits per heavy atom. The molecule has 152 valence electrons. The van der Waals surface area contributed by atoms with Crippen LogP contribution in [0.3, 0.4) is 0 Å². The molecule has 1 aliphatic carbocycles. The van der Waals surface area contributed by atoms with E-state index >= 15 is 0 Å². The third-order valence-electron chi connectivity index (χ3n) is 6.33. The van der Waals surface area contributed by atoms with Crippen LogP contribution in [0.4, 0.5) is 9.18 Å². The molecule has 28 heavy (non-hydrogen) atoms. The van der Waals surface area contributed by atoms with Gasteiger partial charge >= 0.3 is 6.03 Å². The SMILES string of the molecule is O=C(NCC1CC1)C1CN(C(=O)NCc2cccc(F)c2)CC12CCOCC2. The van der Waals surface area contributed by atoms with E-state index in [1.165, 1.54) is 25.0 Å². The molecular formula is C21H28FN3O3. The maximum Gasteiger partial charge on any atom is 0.317 e. The van der Waals surface area contributed by atoms with Gasteiger partial charge in [-0.05, 0) is 49.3 Å². The molecule has 4 rings (SSSR count). The Kier molecular flexibility index (Phi) is 5.53. The Morgan fingerprint density at radius 2 is 2.00 bits per heavy atom. The van der Waals surface area contributed by atoms with Crippen LogP contribution in [0.25, 0.3) is 0 Å². The summed E-state index contributed by atoms with van der Waals surface area (Å²) in [5, 5.41) is 5.97. The predicted molar refractivity (Wildman–Crippen MR) is 102 cm³/mol. The van der Waals surface area contributed by atoms with Crippen molar-refractivity contribution in [1.82, 2.24) is 15.5 Å². The maximum atomic E-state index is 13.3. The molecule has 2 saturated heterocycles. The topological polar surface area (TPSA) is 70.7 Å². The van der Waals surface area contributed by atoms with E-state index in [9.17, 15) is 14.0 Å². The maximum absolute atomic E-state index is 13.3. The lowest BCUT2D eigenvalue weighted by molar-refractivity contribution is -0.129. The Bertz CT molecular complexity index is 731. The number of benzene rings is 1. The molecule has 1 aromatic rings. The molecule has 2 N–H and O–H groups in total. The lowest BCUT2D eigenvalue weighted by Crippen LogP contribution is -2.44. The first-order chi connectivity index (χ1) is 13.6. The van der Waals surface area contributed by atoms with Gasteiger partial charge in [-0.2, -0.15) is 0 Å². The largest absolute Gasteiger partial charge is 0.381 e. The minimum absolute atomic E-state index is 0.0641. The Labute approximate surface area is 164 Å². The van der Waals surface area contributed by atoms with Crippen LogP contribution >= 0.6 is 0 Å². The average Bonchev–Trinajstić information content (AvgIpc) is 3.46. The standard InChI is InChI=1S/C21H28FN3O3/c22-17-3-1-2-16(10-17)12-24-20(27)25-13-18(19(26)23-11-15-4-5-15)21(14-25)6-8-28-9-7-21/h1-3,10,15,18H,4-9,11-14H2,(H,23,26)(H,24,27). The molecule has 1 atom stereocenters. The van der Waals surface area contributed by atoms with Gasteiger partial charge in [-0.3, -0.25) is 4.79 Å². The van der Waals surface area contributed by atoms with Crippen molar-refractivity contribution in [2.24, 2.45) is 17.3 Å². The zero-order valence-electron chi connectivity index (χ0n) is 16.1. The molecular weight excluding hydrogens is 361 g/mol. The summed E-state index contributed by atoms with van der Waals surface area (Å²) in [5.41, 5.74) is 0.509. The van der Waals surface area contributed by atoms with E-state index in [0.29, 0.717) is 37.8 Å². The summed E-state index contributed by atoms with van der Waals surface area (Å²) in [6, 6.07) is 6.00. The molecule has 0 aromatic heterocycles. The smallest absolute Gasteiger partial charge is 0.317 e. The molecule has 1 saturated carbocycles. The summed E-state index contributed by atoms with van der Waals surface area (Å²) in [6.07, 6.45) is 3.97. The monoisotopic (exact) mass is 389 g/mol. The molecule has 2 aliphatic heterocycles. The fourth-order valence-electron chi connectivity index (χ4n) is 4.40. The molecule has 2 heterocycles. The second-order valence-electron chi connectivity index (χ2n) is 8.39. The number of hydrogen-bond acceptors (Lipinski definition) is 3. The van der Waals surface area contributed by atoms with Gasteiger partial charge in [-0.15, -0.1) is 0 Å². The van der Waals surface area contributed by atoms with Gasteiger partial charge < -0.3 is 20.3 Å². The van der Waals surface area contributed by atoms with Gasteiger partial charge in [-0.1, -0.05) is 12.1 Å². The van der Waals surface area contributed by atoms with Gasteiger partial charge in [0, 0.05) is 44.8 Å². The van der Waals surface area contributed by atoms with Crippen molar-refractivity contribution >= 4 is 11.9 Å². The highest BCUT2D eigenvalue weighted by Crippen LogP contribution is 2.44. The molecule has 0 radical (unpaired) electrons. The first kappa shape index (κ1) is 19.2. The summed E-state index contributed by atoms with van der Waals surface area (Å²) in [6.45, 7) is 3.25. The highest BCUT2D eigenvalue weighted by Gasteiger charge is 2.51. The number of nitrogens with one attached hydrogen (secondary N) is 2. The normalized spacial score (nSPS) is 23.6. The predicted octanol–water partition coefficient (Wildman–Crippen LogP) is 2.29. The van der Waals surface area contributed by atoms with Crippen LogP contribution in [0.15, 0.2) is 24.3 Å². The number of amides is 3. The number of urea groups is 1. The van der Waals surface area contributed by atoms with Crippen LogP contribution in [-0.4, -0.2) is 49.7 Å². The van der Waals surface area contributed by atoms with Crippen molar-refractivity contribution in [3.8, 4) is 0 Å². The Hall–Kier alpha value is -2.15. The number of hydrogen-bond donors (Lipinski definition) is 2. The highest BCUT2D eigenvalue weighted by atomic mass is 19.1. The highest BCUT2D eigenvalue weighted by molar-refractivity contribution is 5.82. The van der Waals surface area contributed by atoms with E-state index in [1.807, 2.05) is 0 Å². The van der Waals surface area contributed by atoms with E-state index in [1.54, 1.807) is 17.0 Å². The minimum Gasteiger partial charge on any atom is -0.381 e. The number of carbonyl (C=O) groups is 2. The second-order valence-corrected chi connectivity index (χ2v) is 8.39. The van der Waals surface area contributed by atoms with Gasteiger partial charge in [0.2, 0.25) is 5.91 Å². The quantitative estimate of drug-likeness (QED) is 0.812. The van der Waals surface area contributed by atoms with E-state index in [0.717, 1.165) is 19.4 Å². The zero-order valence-corrected chi connectivity index (χ0v) is 16.1. The Morgan fingerprint density at radius 1 is 1.21 bits per heavy atom. The van der Waals surface area contributed by atoms with Gasteiger partial charge in [0.15, 0.2) is 0 Å². The molecule has 1 aromatic carbocycles. The number of halogens is 1.